The highest BCUT2D eigenvalue weighted by atomic mass is 16.2. The topological polar surface area (TPSA) is 84.2 Å². The second-order valence-electron chi connectivity index (χ2n) is 8.25. The minimum Gasteiger partial charge on any atom is -0.361 e. The lowest BCUT2D eigenvalue weighted by Crippen LogP contribution is -2.41. The van der Waals surface area contributed by atoms with Crippen LogP contribution in [-0.2, 0) is 19.4 Å². The number of amides is 1. The molecule has 1 aliphatic carbocycles. The van der Waals surface area contributed by atoms with Crippen LogP contribution in [0.15, 0.2) is 23.0 Å². The van der Waals surface area contributed by atoms with Gasteiger partial charge in [0.05, 0.1) is 5.69 Å². The Morgan fingerprint density at radius 3 is 2.59 bits per heavy atom. The molecular formula is C21H28N6O2. The molecule has 0 saturated carbocycles. The van der Waals surface area contributed by atoms with Gasteiger partial charge in [-0.15, -0.1) is 10.2 Å². The Morgan fingerprint density at radius 2 is 1.90 bits per heavy atom. The maximum Gasteiger partial charge on any atom is 0.274 e. The zero-order valence-electron chi connectivity index (χ0n) is 17.2. The summed E-state index contributed by atoms with van der Waals surface area (Å²) in [6.45, 7) is 1.96. The van der Waals surface area contributed by atoms with Gasteiger partial charge in [0.25, 0.3) is 11.5 Å². The molecule has 0 unspecified atom stereocenters. The largest absolute Gasteiger partial charge is 0.361 e. The minimum atomic E-state index is -0.0784. The van der Waals surface area contributed by atoms with Crippen LogP contribution in [0.1, 0.15) is 47.4 Å². The van der Waals surface area contributed by atoms with Gasteiger partial charge in [0.1, 0.15) is 0 Å². The van der Waals surface area contributed by atoms with Crippen molar-refractivity contribution >= 4 is 11.7 Å². The molecule has 2 aliphatic rings. The molecule has 2 aromatic rings. The van der Waals surface area contributed by atoms with Gasteiger partial charge in [-0.25, -0.2) is 4.68 Å². The molecule has 154 valence electrons. The number of aromatic nitrogens is 4. The first-order chi connectivity index (χ1) is 14.0. The first-order valence-corrected chi connectivity index (χ1v) is 10.4. The van der Waals surface area contributed by atoms with Gasteiger partial charge in [0.15, 0.2) is 11.5 Å². The minimum absolute atomic E-state index is 0.000382. The highest BCUT2D eigenvalue weighted by Crippen LogP contribution is 2.21. The Bertz CT molecular complexity index is 929. The van der Waals surface area contributed by atoms with Crippen molar-refractivity contribution in [2.75, 3.05) is 32.1 Å². The molecule has 8 heteroatoms. The molecule has 0 N–H and O–H groups in total. The number of carbonyl (C=O) groups is 1. The maximum atomic E-state index is 12.7. The number of likely N-dealkylation sites (tertiary alicyclic amines) is 1. The van der Waals surface area contributed by atoms with Gasteiger partial charge in [0.2, 0.25) is 0 Å². The summed E-state index contributed by atoms with van der Waals surface area (Å²) in [5.74, 6) is 1.00. The lowest BCUT2D eigenvalue weighted by Gasteiger charge is -2.32. The van der Waals surface area contributed by atoms with Crippen molar-refractivity contribution in [1.82, 2.24) is 24.9 Å². The van der Waals surface area contributed by atoms with Crippen LogP contribution >= 0.6 is 0 Å². The number of rotatable bonds is 4. The fraction of sp³-hybridized carbons (Fsp3) is 0.571. The van der Waals surface area contributed by atoms with E-state index in [9.17, 15) is 9.59 Å². The Balaban J connectivity index is 1.36. The van der Waals surface area contributed by atoms with E-state index < -0.39 is 0 Å². The number of aryl methyl sites for hydroxylation is 2. The highest BCUT2D eigenvalue weighted by Gasteiger charge is 2.26. The van der Waals surface area contributed by atoms with E-state index in [-0.39, 0.29) is 11.5 Å². The molecule has 0 atom stereocenters. The van der Waals surface area contributed by atoms with Crippen LogP contribution in [0.3, 0.4) is 0 Å². The molecule has 1 fully saturated rings. The Morgan fingerprint density at radius 1 is 1.14 bits per heavy atom. The van der Waals surface area contributed by atoms with E-state index in [2.05, 4.69) is 15.3 Å². The standard InChI is InChI=1S/C21H28N6O2/c1-25(2)19-8-7-18(22-23-19)21(29)26-11-9-15(10-12-26)14-27-20(28)13-16-5-3-4-6-17(16)24-27/h7-8,13,15H,3-6,9-12,14H2,1-2H3. The zero-order chi connectivity index (χ0) is 20.4. The predicted molar refractivity (Wildman–Crippen MR) is 110 cm³/mol. The first-order valence-electron chi connectivity index (χ1n) is 10.4. The average molecular weight is 396 g/mol. The molecule has 0 spiro atoms. The average Bonchev–Trinajstić information content (AvgIpc) is 2.74. The molecular weight excluding hydrogens is 368 g/mol. The van der Waals surface area contributed by atoms with Crippen LogP contribution < -0.4 is 10.5 Å². The van der Waals surface area contributed by atoms with E-state index in [1.54, 1.807) is 22.9 Å². The van der Waals surface area contributed by atoms with Gasteiger partial charge < -0.3 is 9.80 Å². The number of anilines is 1. The zero-order valence-corrected chi connectivity index (χ0v) is 17.2. The van der Waals surface area contributed by atoms with E-state index in [0.29, 0.717) is 31.2 Å². The van der Waals surface area contributed by atoms with Crippen LogP contribution in [-0.4, -0.2) is 58.0 Å². The second kappa shape index (κ2) is 8.31. The third-order valence-electron chi connectivity index (χ3n) is 5.93. The van der Waals surface area contributed by atoms with E-state index in [4.69, 9.17) is 0 Å². The van der Waals surface area contributed by atoms with Crippen molar-refractivity contribution in [2.24, 2.45) is 5.92 Å². The van der Waals surface area contributed by atoms with Crippen LogP contribution in [0.25, 0.3) is 0 Å². The maximum absolute atomic E-state index is 12.7. The summed E-state index contributed by atoms with van der Waals surface area (Å²) in [5, 5.41) is 12.8. The molecule has 2 aromatic heterocycles. The molecule has 3 heterocycles. The number of nitrogens with zero attached hydrogens (tertiary/aromatic N) is 6. The normalized spacial score (nSPS) is 17.1. The molecule has 0 radical (unpaired) electrons. The number of hydrogen-bond donors (Lipinski definition) is 0. The number of piperidine rings is 1. The molecule has 0 bridgehead atoms. The van der Waals surface area contributed by atoms with Crippen molar-refractivity contribution in [3.63, 3.8) is 0 Å². The predicted octanol–water partition coefficient (Wildman–Crippen LogP) is 1.53. The number of hydrogen-bond acceptors (Lipinski definition) is 6. The fourth-order valence-electron chi connectivity index (χ4n) is 4.13. The van der Waals surface area contributed by atoms with Gasteiger partial charge in [-0.2, -0.15) is 5.10 Å². The van der Waals surface area contributed by atoms with Crippen LogP contribution in [0.5, 0.6) is 0 Å². The fourth-order valence-corrected chi connectivity index (χ4v) is 4.13. The molecule has 29 heavy (non-hydrogen) atoms. The molecule has 0 aromatic carbocycles. The van der Waals surface area contributed by atoms with Gasteiger partial charge in [-0.05, 0) is 62.1 Å². The molecule has 1 aliphatic heterocycles. The quantitative estimate of drug-likeness (QED) is 0.779. The summed E-state index contributed by atoms with van der Waals surface area (Å²) >= 11 is 0. The Labute approximate surface area is 170 Å². The summed E-state index contributed by atoms with van der Waals surface area (Å²) < 4.78 is 1.64. The van der Waals surface area contributed by atoms with E-state index in [0.717, 1.165) is 55.6 Å². The van der Waals surface area contributed by atoms with E-state index in [1.807, 2.05) is 23.9 Å². The van der Waals surface area contributed by atoms with Crippen LogP contribution in [0.4, 0.5) is 5.82 Å². The molecule has 1 amide bonds. The molecule has 1 saturated heterocycles. The number of carbonyl (C=O) groups excluding carboxylic acids is 1. The monoisotopic (exact) mass is 396 g/mol. The third-order valence-corrected chi connectivity index (χ3v) is 5.93. The third kappa shape index (κ3) is 4.31. The van der Waals surface area contributed by atoms with Gasteiger partial charge in [0, 0.05) is 39.8 Å². The smallest absolute Gasteiger partial charge is 0.274 e. The summed E-state index contributed by atoms with van der Waals surface area (Å²) in [4.78, 5) is 28.8. The van der Waals surface area contributed by atoms with Gasteiger partial charge in [-0.3, -0.25) is 9.59 Å². The summed E-state index contributed by atoms with van der Waals surface area (Å²) in [7, 11) is 3.78. The van der Waals surface area contributed by atoms with Crippen molar-refractivity contribution < 1.29 is 4.79 Å². The van der Waals surface area contributed by atoms with Crippen molar-refractivity contribution in [3.05, 3.63) is 45.5 Å². The van der Waals surface area contributed by atoms with Crippen molar-refractivity contribution in [2.45, 2.75) is 45.1 Å². The number of fused-ring (bicyclic) bond motifs is 1. The van der Waals surface area contributed by atoms with Gasteiger partial charge in [-0.1, -0.05) is 0 Å². The van der Waals surface area contributed by atoms with E-state index in [1.165, 1.54) is 0 Å². The second-order valence-corrected chi connectivity index (χ2v) is 8.25. The Hall–Kier alpha value is -2.77. The lowest BCUT2D eigenvalue weighted by atomic mass is 9.95. The van der Waals surface area contributed by atoms with E-state index >= 15 is 0 Å². The molecule has 4 rings (SSSR count). The summed E-state index contributed by atoms with van der Waals surface area (Å²) in [5.41, 5.74) is 2.59. The van der Waals surface area contributed by atoms with Crippen molar-refractivity contribution in [3.8, 4) is 0 Å². The van der Waals surface area contributed by atoms with Crippen LogP contribution in [0, 0.1) is 5.92 Å². The first kappa shape index (κ1) is 19.5. The highest BCUT2D eigenvalue weighted by molar-refractivity contribution is 5.92. The molecule has 8 nitrogen and oxygen atoms in total. The Kier molecular flexibility index (Phi) is 5.60. The van der Waals surface area contributed by atoms with Crippen molar-refractivity contribution in [1.29, 1.82) is 0 Å². The SMILES string of the molecule is CN(C)c1ccc(C(=O)N2CCC(Cn3nc4c(cc3=O)CCCC4)CC2)nn1. The van der Waals surface area contributed by atoms with Crippen LogP contribution in [0.2, 0.25) is 0 Å². The summed E-state index contributed by atoms with van der Waals surface area (Å²) in [6.07, 6.45) is 5.96. The lowest BCUT2D eigenvalue weighted by molar-refractivity contribution is 0.0673. The summed E-state index contributed by atoms with van der Waals surface area (Å²) in [6, 6.07) is 5.31. The van der Waals surface area contributed by atoms with Gasteiger partial charge >= 0.3 is 0 Å².